The average molecular weight is 326 g/mol. The summed E-state index contributed by atoms with van der Waals surface area (Å²) in [6.07, 6.45) is 0.354. The van der Waals surface area contributed by atoms with E-state index in [0.717, 1.165) is 0 Å². The van der Waals surface area contributed by atoms with Gasteiger partial charge < -0.3 is 14.6 Å². The van der Waals surface area contributed by atoms with E-state index >= 15 is 0 Å². The fourth-order valence-corrected chi connectivity index (χ4v) is 3.18. The second-order valence-corrected chi connectivity index (χ2v) is 5.66. The number of rotatable bonds is 4. The van der Waals surface area contributed by atoms with Gasteiger partial charge in [-0.2, -0.15) is 0 Å². The van der Waals surface area contributed by atoms with Crippen LogP contribution in [0, 0.1) is 6.92 Å². The molecule has 0 bridgehead atoms. The lowest BCUT2D eigenvalue weighted by molar-refractivity contribution is 0.0978. The summed E-state index contributed by atoms with van der Waals surface area (Å²) >= 11 is 0. The SMILES string of the molecule is COc1cc2c(cc1CCO)C(=O)c1ccc(OC)c(C)c1C2=O. The first-order chi connectivity index (χ1) is 11.5. The summed E-state index contributed by atoms with van der Waals surface area (Å²) in [5.41, 5.74) is 2.78. The van der Waals surface area contributed by atoms with Crippen LogP contribution in [0.25, 0.3) is 0 Å². The minimum absolute atomic E-state index is 0.0653. The number of hydrogen-bond acceptors (Lipinski definition) is 5. The molecule has 5 nitrogen and oxygen atoms in total. The Morgan fingerprint density at radius 2 is 1.58 bits per heavy atom. The number of carbonyl (C=O) groups is 2. The summed E-state index contributed by atoms with van der Waals surface area (Å²) in [5, 5.41) is 9.19. The van der Waals surface area contributed by atoms with E-state index in [-0.39, 0.29) is 18.2 Å². The predicted octanol–water partition coefficient (Wildman–Crippen LogP) is 2.32. The molecule has 1 aliphatic carbocycles. The van der Waals surface area contributed by atoms with E-state index in [2.05, 4.69) is 0 Å². The van der Waals surface area contributed by atoms with Crippen LogP contribution in [0.15, 0.2) is 24.3 Å². The molecule has 0 saturated heterocycles. The van der Waals surface area contributed by atoms with E-state index in [4.69, 9.17) is 9.47 Å². The highest BCUT2D eigenvalue weighted by Crippen LogP contribution is 2.36. The van der Waals surface area contributed by atoms with E-state index in [1.54, 1.807) is 31.2 Å². The van der Waals surface area contributed by atoms with E-state index in [1.165, 1.54) is 14.2 Å². The largest absolute Gasteiger partial charge is 0.496 e. The first-order valence-electron chi connectivity index (χ1n) is 7.62. The van der Waals surface area contributed by atoms with Crippen LogP contribution in [-0.2, 0) is 6.42 Å². The molecule has 24 heavy (non-hydrogen) atoms. The molecule has 0 saturated carbocycles. The van der Waals surface area contributed by atoms with Crippen molar-refractivity contribution in [1.82, 2.24) is 0 Å². The summed E-state index contributed by atoms with van der Waals surface area (Å²) in [6.45, 7) is 1.70. The minimum atomic E-state index is -0.218. The van der Waals surface area contributed by atoms with E-state index in [1.807, 2.05) is 0 Å². The lowest BCUT2D eigenvalue weighted by Gasteiger charge is -2.22. The summed E-state index contributed by atoms with van der Waals surface area (Å²) in [4.78, 5) is 25.8. The third kappa shape index (κ3) is 2.29. The predicted molar refractivity (Wildman–Crippen MR) is 88.4 cm³/mol. The average Bonchev–Trinajstić information content (AvgIpc) is 2.59. The van der Waals surface area contributed by atoms with Gasteiger partial charge in [-0.25, -0.2) is 0 Å². The Kier molecular flexibility index (Phi) is 4.11. The molecule has 1 N–H and O–H groups in total. The third-order valence-corrected chi connectivity index (χ3v) is 4.40. The lowest BCUT2D eigenvalue weighted by atomic mass is 9.81. The van der Waals surface area contributed by atoms with Crippen LogP contribution < -0.4 is 9.47 Å². The fourth-order valence-electron chi connectivity index (χ4n) is 3.18. The molecule has 0 amide bonds. The van der Waals surface area contributed by atoms with Crippen molar-refractivity contribution in [3.63, 3.8) is 0 Å². The van der Waals surface area contributed by atoms with Gasteiger partial charge in [-0.1, -0.05) is 0 Å². The van der Waals surface area contributed by atoms with Crippen LogP contribution in [0.2, 0.25) is 0 Å². The Labute approximate surface area is 139 Å². The van der Waals surface area contributed by atoms with Crippen LogP contribution in [0.4, 0.5) is 0 Å². The molecule has 0 unspecified atom stereocenters. The molecule has 2 aromatic rings. The van der Waals surface area contributed by atoms with Crippen LogP contribution in [0.3, 0.4) is 0 Å². The fraction of sp³-hybridized carbons (Fsp3) is 0.263. The molecule has 0 heterocycles. The molecule has 1 aliphatic rings. The molecule has 124 valence electrons. The number of fused-ring (bicyclic) bond motifs is 2. The Bertz CT molecular complexity index is 851. The standard InChI is InChI=1S/C19H18O5/c1-10-15(23-2)5-4-12-17(10)19(22)14-9-16(24-3)11(6-7-20)8-13(14)18(12)21/h4-5,8-9,20H,6-7H2,1-3H3. The molecule has 3 rings (SSSR count). The quantitative estimate of drug-likeness (QED) is 0.796. The molecule has 0 atom stereocenters. The van der Waals surface area contributed by atoms with Gasteiger partial charge in [0.25, 0.3) is 0 Å². The first kappa shape index (κ1) is 16.2. The van der Waals surface area contributed by atoms with Crippen molar-refractivity contribution in [2.24, 2.45) is 0 Å². The lowest BCUT2D eigenvalue weighted by Crippen LogP contribution is -2.23. The van der Waals surface area contributed by atoms with Gasteiger partial charge in [-0.3, -0.25) is 9.59 Å². The van der Waals surface area contributed by atoms with Crippen LogP contribution in [0.5, 0.6) is 11.5 Å². The maximum absolute atomic E-state index is 13.0. The first-order valence-corrected chi connectivity index (χ1v) is 7.62. The Morgan fingerprint density at radius 3 is 2.21 bits per heavy atom. The zero-order valence-corrected chi connectivity index (χ0v) is 13.8. The molecule has 2 aromatic carbocycles. The molecule has 0 fully saturated rings. The molecule has 0 spiro atoms. The van der Waals surface area contributed by atoms with Crippen LogP contribution >= 0.6 is 0 Å². The Balaban J connectivity index is 2.25. The zero-order valence-electron chi connectivity index (χ0n) is 13.8. The van der Waals surface area contributed by atoms with Crippen LogP contribution in [-0.4, -0.2) is 37.5 Å². The topological polar surface area (TPSA) is 72.8 Å². The van der Waals surface area contributed by atoms with Gasteiger partial charge in [0.2, 0.25) is 0 Å². The normalized spacial score (nSPS) is 12.7. The van der Waals surface area contributed by atoms with E-state index in [0.29, 0.717) is 51.3 Å². The summed E-state index contributed by atoms with van der Waals surface area (Å²) < 4.78 is 10.6. The number of aliphatic hydroxyl groups excluding tert-OH is 1. The molecule has 5 heteroatoms. The van der Waals surface area contributed by atoms with E-state index in [9.17, 15) is 14.7 Å². The summed E-state index contributed by atoms with van der Waals surface area (Å²) in [6, 6.07) is 6.55. The van der Waals surface area contributed by atoms with Gasteiger partial charge in [0.05, 0.1) is 14.2 Å². The van der Waals surface area contributed by atoms with Gasteiger partial charge in [0, 0.05) is 34.4 Å². The number of carbonyl (C=O) groups excluding carboxylic acids is 2. The van der Waals surface area contributed by atoms with Crippen molar-refractivity contribution in [2.75, 3.05) is 20.8 Å². The van der Waals surface area contributed by atoms with Crippen molar-refractivity contribution >= 4 is 11.6 Å². The van der Waals surface area contributed by atoms with Crippen molar-refractivity contribution in [2.45, 2.75) is 13.3 Å². The Hall–Kier alpha value is -2.66. The highest BCUT2D eigenvalue weighted by Gasteiger charge is 2.33. The number of methoxy groups -OCH3 is 2. The second-order valence-electron chi connectivity index (χ2n) is 5.66. The minimum Gasteiger partial charge on any atom is -0.496 e. The zero-order chi connectivity index (χ0) is 17.4. The maximum Gasteiger partial charge on any atom is 0.195 e. The van der Waals surface area contributed by atoms with Crippen LogP contribution in [0.1, 0.15) is 43.0 Å². The van der Waals surface area contributed by atoms with Gasteiger partial charge in [0.15, 0.2) is 11.6 Å². The number of hydrogen-bond donors (Lipinski definition) is 1. The molecular formula is C19H18O5. The molecule has 0 aliphatic heterocycles. The second kappa shape index (κ2) is 6.09. The number of benzene rings is 2. The smallest absolute Gasteiger partial charge is 0.195 e. The van der Waals surface area contributed by atoms with Gasteiger partial charge in [-0.05, 0) is 43.2 Å². The third-order valence-electron chi connectivity index (χ3n) is 4.40. The monoisotopic (exact) mass is 326 g/mol. The molecular weight excluding hydrogens is 308 g/mol. The number of ketones is 2. The van der Waals surface area contributed by atoms with Gasteiger partial charge in [0.1, 0.15) is 11.5 Å². The Morgan fingerprint density at radius 1 is 0.917 bits per heavy atom. The van der Waals surface area contributed by atoms with Crippen molar-refractivity contribution < 1.29 is 24.2 Å². The molecule has 0 aromatic heterocycles. The summed E-state index contributed by atoms with van der Waals surface area (Å²) in [7, 11) is 3.03. The number of aliphatic hydroxyl groups is 1. The highest BCUT2D eigenvalue weighted by molar-refractivity contribution is 6.29. The van der Waals surface area contributed by atoms with Gasteiger partial charge >= 0.3 is 0 Å². The van der Waals surface area contributed by atoms with Crippen molar-refractivity contribution in [3.05, 3.63) is 57.6 Å². The summed E-state index contributed by atoms with van der Waals surface area (Å²) in [5.74, 6) is 0.646. The number of ether oxygens (including phenoxy) is 2. The van der Waals surface area contributed by atoms with Crippen molar-refractivity contribution in [3.8, 4) is 11.5 Å². The maximum atomic E-state index is 13.0. The molecule has 0 radical (unpaired) electrons. The van der Waals surface area contributed by atoms with E-state index < -0.39 is 0 Å². The van der Waals surface area contributed by atoms with Gasteiger partial charge in [-0.15, -0.1) is 0 Å². The van der Waals surface area contributed by atoms with Crippen molar-refractivity contribution in [1.29, 1.82) is 0 Å². The highest BCUT2D eigenvalue weighted by atomic mass is 16.5.